The first kappa shape index (κ1) is 30.2. The van der Waals surface area contributed by atoms with Gasteiger partial charge in [0.1, 0.15) is 0 Å². The molecule has 7 aromatic carbocycles. The summed E-state index contributed by atoms with van der Waals surface area (Å²) in [6, 6.07) is 60.3. The van der Waals surface area contributed by atoms with Crippen molar-refractivity contribution in [2.45, 2.75) is 18.8 Å². The third kappa shape index (κ3) is 5.28. The summed E-state index contributed by atoms with van der Waals surface area (Å²) in [5, 5.41) is 3.80. The van der Waals surface area contributed by atoms with Gasteiger partial charge in [-0.1, -0.05) is 140 Å². The van der Waals surface area contributed by atoms with Crippen molar-refractivity contribution in [1.29, 1.82) is 0 Å². The molecule has 1 N–H and O–H groups in total. The lowest BCUT2D eigenvalue weighted by Crippen LogP contribution is -2.01. The SMILES string of the molecule is c1ccc(-c2nc(-c3ccccc3)nc(-c3ccc4c(c3)-c3ccccc3-c3cc(CCC5c6ccccc6-c6ccccc65)ccc3N4)n2)cc1. The van der Waals surface area contributed by atoms with Crippen molar-refractivity contribution in [3.63, 3.8) is 0 Å². The van der Waals surface area contributed by atoms with Crippen molar-refractivity contribution in [2.24, 2.45) is 0 Å². The van der Waals surface area contributed by atoms with Gasteiger partial charge >= 0.3 is 0 Å². The molecule has 10 rings (SSSR count). The van der Waals surface area contributed by atoms with Crippen LogP contribution in [-0.2, 0) is 6.42 Å². The molecule has 0 amide bonds. The van der Waals surface area contributed by atoms with E-state index in [4.69, 9.17) is 15.0 Å². The van der Waals surface area contributed by atoms with Gasteiger partial charge < -0.3 is 5.32 Å². The van der Waals surface area contributed by atoms with Crippen LogP contribution in [0, 0.1) is 0 Å². The van der Waals surface area contributed by atoms with Crippen molar-refractivity contribution in [1.82, 2.24) is 15.0 Å². The number of fused-ring (bicyclic) bond motifs is 8. The summed E-state index contributed by atoms with van der Waals surface area (Å²) in [6.45, 7) is 0. The fourth-order valence-corrected chi connectivity index (χ4v) is 8.01. The molecule has 4 nitrogen and oxygen atoms in total. The van der Waals surface area contributed by atoms with Gasteiger partial charge in [-0.25, -0.2) is 15.0 Å². The van der Waals surface area contributed by atoms with E-state index >= 15 is 0 Å². The lowest BCUT2D eigenvalue weighted by molar-refractivity contribution is 0.730. The Morgan fingerprint density at radius 2 is 0.846 bits per heavy atom. The number of aryl methyl sites for hydroxylation is 1. The largest absolute Gasteiger partial charge is 0.355 e. The number of aromatic nitrogens is 3. The molecule has 0 atom stereocenters. The molecule has 0 fully saturated rings. The van der Waals surface area contributed by atoms with Gasteiger partial charge in [0.25, 0.3) is 0 Å². The monoisotopic (exact) mass is 666 g/mol. The highest BCUT2D eigenvalue weighted by Crippen LogP contribution is 2.48. The molecular formula is C48H34N4. The Morgan fingerprint density at radius 1 is 0.385 bits per heavy atom. The Kier molecular flexibility index (Phi) is 7.31. The van der Waals surface area contributed by atoms with Crippen LogP contribution in [0.1, 0.15) is 29.0 Å². The number of nitrogens with one attached hydrogen (secondary N) is 1. The summed E-state index contributed by atoms with van der Waals surface area (Å²) in [4.78, 5) is 14.9. The Bertz CT molecular complexity index is 2510. The van der Waals surface area contributed by atoms with Crippen LogP contribution < -0.4 is 5.32 Å². The molecule has 0 spiro atoms. The molecule has 0 saturated heterocycles. The lowest BCUT2D eigenvalue weighted by Gasteiger charge is -2.16. The molecule has 1 aliphatic heterocycles. The van der Waals surface area contributed by atoms with E-state index in [9.17, 15) is 0 Å². The number of rotatable bonds is 6. The average molecular weight is 667 g/mol. The highest BCUT2D eigenvalue weighted by Gasteiger charge is 2.28. The van der Waals surface area contributed by atoms with E-state index in [0.717, 1.165) is 46.5 Å². The zero-order valence-corrected chi connectivity index (χ0v) is 28.5. The van der Waals surface area contributed by atoms with Crippen molar-refractivity contribution < 1.29 is 0 Å². The van der Waals surface area contributed by atoms with E-state index in [1.807, 2.05) is 60.7 Å². The van der Waals surface area contributed by atoms with Crippen LogP contribution in [0.3, 0.4) is 0 Å². The van der Waals surface area contributed by atoms with Crippen LogP contribution in [0.5, 0.6) is 0 Å². The standard InChI is InChI=1S/C48H34N4/c1-3-13-32(14-4-1)46-50-47(33-15-5-2-6-16-33)52-48(51-46)34-25-28-45-43(30-34)40-22-12-11-21-39(40)42-29-31(24-27-44(42)49-45)23-26-41-37-19-9-7-17-35(37)36-18-8-10-20-38(36)41/h1-22,24-25,27-30,41,49H,23,26H2. The predicted molar refractivity (Wildman–Crippen MR) is 212 cm³/mol. The molecule has 1 aromatic heterocycles. The van der Waals surface area contributed by atoms with Crippen molar-refractivity contribution in [3.8, 4) is 67.5 Å². The minimum atomic E-state index is 0.402. The minimum absolute atomic E-state index is 0.402. The summed E-state index contributed by atoms with van der Waals surface area (Å²) >= 11 is 0. The molecule has 0 unspecified atom stereocenters. The third-order valence-electron chi connectivity index (χ3n) is 10.5. The lowest BCUT2D eigenvalue weighted by atomic mass is 9.89. The molecule has 2 heterocycles. The summed E-state index contributed by atoms with van der Waals surface area (Å²) in [5.74, 6) is 2.36. The number of nitrogens with zero attached hydrogens (tertiary/aromatic N) is 3. The van der Waals surface area contributed by atoms with Crippen molar-refractivity contribution in [2.75, 3.05) is 5.32 Å². The van der Waals surface area contributed by atoms with E-state index in [-0.39, 0.29) is 0 Å². The average Bonchev–Trinajstić information content (AvgIpc) is 3.46. The third-order valence-corrected chi connectivity index (χ3v) is 10.5. The molecule has 0 bridgehead atoms. The smallest absolute Gasteiger partial charge is 0.164 e. The first-order valence-corrected chi connectivity index (χ1v) is 18.0. The fourth-order valence-electron chi connectivity index (χ4n) is 8.01. The van der Waals surface area contributed by atoms with E-state index in [2.05, 4.69) is 115 Å². The Labute approximate surface area is 303 Å². The number of anilines is 2. The second-order valence-corrected chi connectivity index (χ2v) is 13.6. The van der Waals surface area contributed by atoms with Crippen LogP contribution in [0.25, 0.3) is 67.5 Å². The highest BCUT2D eigenvalue weighted by atomic mass is 15.0. The van der Waals surface area contributed by atoms with Gasteiger partial charge in [0.2, 0.25) is 0 Å². The molecular weight excluding hydrogens is 633 g/mol. The van der Waals surface area contributed by atoms with Gasteiger partial charge in [0.05, 0.1) is 0 Å². The predicted octanol–water partition coefficient (Wildman–Crippen LogP) is 12.0. The molecule has 246 valence electrons. The summed E-state index contributed by atoms with van der Waals surface area (Å²) in [7, 11) is 0. The van der Waals surface area contributed by atoms with E-state index in [1.165, 1.54) is 44.5 Å². The first-order chi connectivity index (χ1) is 25.8. The zero-order chi connectivity index (χ0) is 34.4. The van der Waals surface area contributed by atoms with Crippen LogP contribution >= 0.6 is 0 Å². The molecule has 8 aromatic rings. The number of hydrogen-bond acceptors (Lipinski definition) is 4. The summed E-state index contributed by atoms with van der Waals surface area (Å²) in [6.07, 6.45) is 2.06. The van der Waals surface area contributed by atoms with Gasteiger partial charge in [0.15, 0.2) is 17.5 Å². The van der Waals surface area contributed by atoms with E-state index in [1.54, 1.807) is 0 Å². The molecule has 52 heavy (non-hydrogen) atoms. The fraction of sp³-hybridized carbons (Fsp3) is 0.0625. The second-order valence-electron chi connectivity index (χ2n) is 13.6. The van der Waals surface area contributed by atoms with Crippen LogP contribution in [-0.4, -0.2) is 15.0 Å². The van der Waals surface area contributed by atoms with Gasteiger partial charge in [-0.3, -0.25) is 0 Å². The van der Waals surface area contributed by atoms with Crippen LogP contribution in [0.2, 0.25) is 0 Å². The molecule has 1 aliphatic carbocycles. The zero-order valence-electron chi connectivity index (χ0n) is 28.5. The normalized spacial score (nSPS) is 12.5. The van der Waals surface area contributed by atoms with Gasteiger partial charge in [-0.2, -0.15) is 0 Å². The first-order valence-electron chi connectivity index (χ1n) is 18.0. The van der Waals surface area contributed by atoms with Gasteiger partial charge in [-0.15, -0.1) is 0 Å². The van der Waals surface area contributed by atoms with Gasteiger partial charge in [0, 0.05) is 45.1 Å². The Balaban J connectivity index is 1.02. The van der Waals surface area contributed by atoms with Crippen LogP contribution in [0.15, 0.2) is 170 Å². The summed E-state index contributed by atoms with van der Waals surface area (Å²) < 4.78 is 0. The maximum absolute atomic E-state index is 5.02. The molecule has 0 saturated carbocycles. The van der Waals surface area contributed by atoms with E-state index < -0.39 is 0 Å². The minimum Gasteiger partial charge on any atom is -0.355 e. The Morgan fingerprint density at radius 3 is 1.42 bits per heavy atom. The maximum atomic E-state index is 5.02. The van der Waals surface area contributed by atoms with E-state index in [0.29, 0.717) is 23.4 Å². The van der Waals surface area contributed by atoms with Gasteiger partial charge in [-0.05, 0) is 82.1 Å². The van der Waals surface area contributed by atoms with Crippen molar-refractivity contribution in [3.05, 3.63) is 187 Å². The molecule has 0 radical (unpaired) electrons. The highest BCUT2D eigenvalue weighted by molar-refractivity contribution is 5.99. The number of benzene rings is 7. The topological polar surface area (TPSA) is 50.7 Å². The maximum Gasteiger partial charge on any atom is 0.164 e. The molecule has 2 aliphatic rings. The molecule has 4 heteroatoms. The quantitative estimate of drug-likeness (QED) is 0.192. The second kappa shape index (κ2) is 12.6. The Hall–Kier alpha value is -6.65. The van der Waals surface area contributed by atoms with Crippen molar-refractivity contribution >= 4 is 11.4 Å². The van der Waals surface area contributed by atoms with Crippen LogP contribution in [0.4, 0.5) is 11.4 Å². The number of hydrogen-bond donors (Lipinski definition) is 1. The summed E-state index contributed by atoms with van der Waals surface area (Å²) in [5.41, 5.74) is 16.7.